The van der Waals surface area contributed by atoms with E-state index in [1.165, 1.54) is 6.07 Å². The van der Waals surface area contributed by atoms with E-state index in [2.05, 4.69) is 10.6 Å². The minimum absolute atomic E-state index is 0.0571. The van der Waals surface area contributed by atoms with Gasteiger partial charge in [0.25, 0.3) is 0 Å². The summed E-state index contributed by atoms with van der Waals surface area (Å²) < 4.78 is 13.6. The average molecular weight is 266 g/mol. The molecule has 1 saturated carbocycles. The molecular formula is C13H15FN2O3. The minimum Gasteiger partial charge on any atom is -0.481 e. The van der Waals surface area contributed by atoms with Gasteiger partial charge in [0.2, 0.25) is 0 Å². The van der Waals surface area contributed by atoms with Crippen molar-refractivity contribution in [2.45, 2.75) is 19.8 Å². The Morgan fingerprint density at radius 1 is 1.42 bits per heavy atom. The predicted molar refractivity (Wildman–Crippen MR) is 67.5 cm³/mol. The first-order valence-corrected chi connectivity index (χ1v) is 5.98. The lowest BCUT2D eigenvalue weighted by Gasteiger charge is -2.12. The zero-order chi connectivity index (χ0) is 14.0. The van der Waals surface area contributed by atoms with Crippen molar-refractivity contribution in [1.29, 1.82) is 0 Å². The molecular weight excluding hydrogens is 251 g/mol. The van der Waals surface area contributed by atoms with E-state index in [-0.39, 0.29) is 12.2 Å². The summed E-state index contributed by atoms with van der Waals surface area (Å²) in [6, 6.07) is 4.08. The number of hydrogen-bond acceptors (Lipinski definition) is 2. The number of amides is 2. The van der Waals surface area contributed by atoms with Crippen LogP contribution in [0.1, 0.15) is 18.4 Å². The molecule has 1 aromatic rings. The van der Waals surface area contributed by atoms with Crippen molar-refractivity contribution in [3.05, 3.63) is 29.6 Å². The van der Waals surface area contributed by atoms with E-state index in [1.54, 1.807) is 19.1 Å². The van der Waals surface area contributed by atoms with Gasteiger partial charge in [0, 0.05) is 6.54 Å². The Morgan fingerprint density at radius 2 is 2.11 bits per heavy atom. The Labute approximate surface area is 109 Å². The highest BCUT2D eigenvalue weighted by molar-refractivity contribution is 5.90. The zero-order valence-electron chi connectivity index (χ0n) is 10.5. The summed E-state index contributed by atoms with van der Waals surface area (Å²) in [6.07, 6.45) is 1.11. The predicted octanol–water partition coefficient (Wildman–Crippen LogP) is 2.12. The van der Waals surface area contributed by atoms with Gasteiger partial charge in [0.05, 0.1) is 11.1 Å². The molecule has 0 radical (unpaired) electrons. The molecule has 0 heterocycles. The fourth-order valence-electron chi connectivity index (χ4n) is 1.78. The highest BCUT2D eigenvalue weighted by Crippen LogP contribution is 2.45. The number of carbonyl (C=O) groups excluding carboxylic acids is 1. The van der Waals surface area contributed by atoms with Gasteiger partial charge >= 0.3 is 12.0 Å². The van der Waals surface area contributed by atoms with E-state index in [4.69, 9.17) is 5.11 Å². The van der Waals surface area contributed by atoms with E-state index in [1.807, 2.05) is 0 Å². The molecule has 1 aliphatic rings. The third kappa shape index (κ3) is 2.83. The summed E-state index contributed by atoms with van der Waals surface area (Å²) in [5.74, 6) is -1.40. The quantitative estimate of drug-likeness (QED) is 0.781. The van der Waals surface area contributed by atoms with Crippen LogP contribution in [-0.2, 0) is 4.79 Å². The van der Waals surface area contributed by atoms with Crippen molar-refractivity contribution in [3.8, 4) is 0 Å². The highest BCUT2D eigenvalue weighted by Gasteiger charge is 2.50. The summed E-state index contributed by atoms with van der Waals surface area (Å²) in [5, 5.41) is 13.8. The number of carbonyl (C=O) groups is 2. The Bertz CT molecular complexity index is 527. The molecule has 2 rings (SSSR count). The number of anilines is 1. The summed E-state index contributed by atoms with van der Waals surface area (Å²) >= 11 is 0. The fraction of sp³-hybridized carbons (Fsp3) is 0.385. The number of benzene rings is 1. The SMILES string of the molecule is Cc1cccc(NC(=O)NCC2(C(=O)O)CC2)c1F. The molecule has 1 aliphatic carbocycles. The van der Waals surface area contributed by atoms with Crippen LogP contribution in [0.3, 0.4) is 0 Å². The molecule has 0 aliphatic heterocycles. The fourth-order valence-corrected chi connectivity index (χ4v) is 1.78. The second kappa shape index (κ2) is 4.87. The molecule has 102 valence electrons. The van der Waals surface area contributed by atoms with E-state index < -0.39 is 23.2 Å². The van der Waals surface area contributed by atoms with Gasteiger partial charge < -0.3 is 15.7 Å². The first-order chi connectivity index (χ1) is 8.94. The third-order valence-electron chi connectivity index (χ3n) is 3.33. The zero-order valence-corrected chi connectivity index (χ0v) is 10.5. The number of carboxylic acids is 1. The van der Waals surface area contributed by atoms with Gasteiger partial charge in [-0.15, -0.1) is 0 Å². The topological polar surface area (TPSA) is 78.4 Å². The van der Waals surface area contributed by atoms with Crippen molar-refractivity contribution in [3.63, 3.8) is 0 Å². The Hall–Kier alpha value is -2.11. The average Bonchev–Trinajstić information content (AvgIpc) is 3.14. The van der Waals surface area contributed by atoms with E-state index in [0.717, 1.165) is 0 Å². The van der Waals surface area contributed by atoms with Crippen molar-refractivity contribution < 1.29 is 19.1 Å². The number of hydrogen-bond donors (Lipinski definition) is 3. The third-order valence-corrected chi connectivity index (χ3v) is 3.33. The van der Waals surface area contributed by atoms with Gasteiger partial charge in [0.1, 0.15) is 5.82 Å². The summed E-state index contributed by atoms with van der Waals surface area (Å²) in [7, 11) is 0. The first-order valence-electron chi connectivity index (χ1n) is 5.98. The highest BCUT2D eigenvalue weighted by atomic mass is 19.1. The number of aliphatic carboxylic acids is 1. The monoisotopic (exact) mass is 266 g/mol. The maximum absolute atomic E-state index is 13.6. The number of aryl methyl sites for hydroxylation is 1. The molecule has 0 atom stereocenters. The largest absolute Gasteiger partial charge is 0.481 e. The maximum atomic E-state index is 13.6. The molecule has 0 spiro atoms. The van der Waals surface area contributed by atoms with Gasteiger partial charge in [-0.1, -0.05) is 12.1 Å². The molecule has 2 amide bonds. The van der Waals surface area contributed by atoms with Gasteiger partial charge in [-0.2, -0.15) is 0 Å². The second-order valence-corrected chi connectivity index (χ2v) is 4.83. The van der Waals surface area contributed by atoms with Crippen LogP contribution in [0.15, 0.2) is 18.2 Å². The first kappa shape index (κ1) is 13.3. The number of halogens is 1. The lowest BCUT2D eigenvalue weighted by Crippen LogP contribution is -2.37. The molecule has 19 heavy (non-hydrogen) atoms. The molecule has 0 unspecified atom stereocenters. The molecule has 3 N–H and O–H groups in total. The van der Waals surface area contributed by atoms with Crippen LogP contribution in [0.25, 0.3) is 0 Å². The molecule has 1 aromatic carbocycles. The second-order valence-electron chi connectivity index (χ2n) is 4.83. The number of rotatable bonds is 4. The number of nitrogens with one attached hydrogen (secondary N) is 2. The Kier molecular flexibility index (Phi) is 3.42. The van der Waals surface area contributed by atoms with Gasteiger partial charge in [0.15, 0.2) is 0 Å². The molecule has 0 saturated heterocycles. The summed E-state index contributed by atoms with van der Waals surface area (Å²) in [6.45, 7) is 1.66. The maximum Gasteiger partial charge on any atom is 0.319 e. The van der Waals surface area contributed by atoms with Crippen LogP contribution in [-0.4, -0.2) is 23.7 Å². The van der Waals surface area contributed by atoms with Crippen LogP contribution in [0.5, 0.6) is 0 Å². The van der Waals surface area contributed by atoms with Gasteiger partial charge in [-0.25, -0.2) is 9.18 Å². The molecule has 0 bridgehead atoms. The van der Waals surface area contributed by atoms with Crippen LogP contribution in [0.4, 0.5) is 14.9 Å². The Morgan fingerprint density at radius 3 is 2.68 bits per heavy atom. The molecule has 6 heteroatoms. The normalized spacial score (nSPS) is 15.7. The summed E-state index contributed by atoms with van der Waals surface area (Å²) in [4.78, 5) is 22.5. The van der Waals surface area contributed by atoms with E-state index in [0.29, 0.717) is 18.4 Å². The smallest absolute Gasteiger partial charge is 0.319 e. The van der Waals surface area contributed by atoms with E-state index in [9.17, 15) is 14.0 Å². The van der Waals surface area contributed by atoms with E-state index >= 15 is 0 Å². The lowest BCUT2D eigenvalue weighted by molar-refractivity contribution is -0.143. The van der Waals surface area contributed by atoms with Gasteiger partial charge in [-0.05, 0) is 31.4 Å². The van der Waals surface area contributed by atoms with Crippen molar-refractivity contribution >= 4 is 17.7 Å². The Balaban J connectivity index is 1.91. The minimum atomic E-state index is -0.908. The van der Waals surface area contributed by atoms with Crippen molar-refractivity contribution in [2.75, 3.05) is 11.9 Å². The van der Waals surface area contributed by atoms with Crippen molar-refractivity contribution in [2.24, 2.45) is 5.41 Å². The van der Waals surface area contributed by atoms with Gasteiger partial charge in [-0.3, -0.25) is 4.79 Å². The van der Waals surface area contributed by atoms with Crippen LogP contribution < -0.4 is 10.6 Å². The van der Waals surface area contributed by atoms with Crippen molar-refractivity contribution in [1.82, 2.24) is 5.32 Å². The lowest BCUT2D eigenvalue weighted by atomic mass is 10.1. The molecule has 5 nitrogen and oxygen atoms in total. The number of urea groups is 1. The summed E-state index contributed by atoms with van der Waals surface area (Å²) in [5.41, 5.74) is -0.317. The van der Waals surface area contributed by atoms with Crippen LogP contribution >= 0.6 is 0 Å². The van der Waals surface area contributed by atoms with Crippen LogP contribution in [0.2, 0.25) is 0 Å². The van der Waals surface area contributed by atoms with Crippen LogP contribution in [0, 0.1) is 18.2 Å². The standard InChI is InChI=1S/C13H15FN2O3/c1-8-3-2-4-9(10(8)14)16-12(19)15-7-13(5-6-13)11(17)18/h2-4H,5-7H2,1H3,(H,17,18)(H2,15,16,19). The molecule has 1 fully saturated rings. The molecule has 0 aromatic heterocycles. The number of carboxylic acid groups (broad SMARTS) is 1.